The largest absolute Gasteiger partial charge is 0.493 e. The average Bonchev–Trinajstić information content (AvgIpc) is 3.06. The van der Waals surface area contributed by atoms with Crippen LogP contribution in [0.5, 0.6) is 11.5 Å². The highest BCUT2D eigenvalue weighted by Gasteiger charge is 2.32. The number of carbonyl (C=O) groups excluding carboxylic acids is 1. The van der Waals surface area contributed by atoms with Crippen LogP contribution >= 0.6 is 35.6 Å². The summed E-state index contributed by atoms with van der Waals surface area (Å²) in [5, 5.41) is 0.409. The number of thiocarbonyl (C=S) groups is 1. The molecule has 32 heavy (non-hydrogen) atoms. The van der Waals surface area contributed by atoms with E-state index in [4.69, 9.17) is 33.3 Å². The second-order valence-electron chi connectivity index (χ2n) is 7.06. The lowest BCUT2D eigenvalue weighted by atomic mass is 10.1. The van der Waals surface area contributed by atoms with Gasteiger partial charge in [0.15, 0.2) is 11.5 Å². The van der Waals surface area contributed by atoms with Crippen molar-refractivity contribution in [2.24, 2.45) is 0 Å². The quantitative estimate of drug-likeness (QED) is 0.291. The van der Waals surface area contributed by atoms with Gasteiger partial charge in [0, 0.05) is 0 Å². The highest BCUT2D eigenvalue weighted by atomic mass is 35.5. The van der Waals surface area contributed by atoms with Crippen molar-refractivity contribution in [3.8, 4) is 11.5 Å². The summed E-state index contributed by atoms with van der Waals surface area (Å²) in [6, 6.07) is 23.2. The van der Waals surface area contributed by atoms with Crippen molar-refractivity contribution in [2.45, 2.75) is 13.2 Å². The summed E-state index contributed by atoms with van der Waals surface area (Å²) in [6.07, 6.45) is 1.78. The molecule has 7 heteroatoms. The predicted molar refractivity (Wildman–Crippen MR) is 134 cm³/mol. The van der Waals surface area contributed by atoms with Gasteiger partial charge in [0.2, 0.25) is 0 Å². The number of hydrogen-bond donors (Lipinski definition) is 0. The number of amides is 1. The lowest BCUT2D eigenvalue weighted by Crippen LogP contribution is -2.27. The van der Waals surface area contributed by atoms with Crippen LogP contribution in [-0.4, -0.2) is 22.2 Å². The zero-order chi connectivity index (χ0) is 22.5. The Morgan fingerprint density at radius 2 is 1.69 bits per heavy atom. The van der Waals surface area contributed by atoms with E-state index >= 15 is 0 Å². The van der Waals surface area contributed by atoms with Gasteiger partial charge >= 0.3 is 0 Å². The van der Waals surface area contributed by atoms with Gasteiger partial charge in [-0.1, -0.05) is 96.2 Å². The summed E-state index contributed by atoms with van der Waals surface area (Å²) in [6.45, 7) is 0.813. The van der Waals surface area contributed by atoms with Crippen LogP contribution in [0.25, 0.3) is 6.08 Å². The molecular formula is C25H20ClNO3S2. The van der Waals surface area contributed by atoms with Crippen LogP contribution in [0.3, 0.4) is 0 Å². The summed E-state index contributed by atoms with van der Waals surface area (Å²) in [7, 11) is 1.56. The molecule has 1 amide bonds. The molecule has 0 spiro atoms. The molecule has 0 aromatic heterocycles. The Labute approximate surface area is 201 Å². The molecule has 1 aliphatic heterocycles. The zero-order valence-electron chi connectivity index (χ0n) is 17.3. The third-order valence-corrected chi connectivity index (χ3v) is 6.49. The van der Waals surface area contributed by atoms with E-state index in [0.717, 1.165) is 16.7 Å². The third kappa shape index (κ3) is 5.15. The first-order valence-corrected chi connectivity index (χ1v) is 11.5. The standard InChI is InChI=1S/C25H20ClNO3S2/c1-29-21-13-19(12-20(26)23(21)30-16-18-10-6-3-7-11-18)14-22-24(28)27(25(31)32-22)15-17-8-4-2-5-9-17/h2-14H,15-16H2,1H3/b22-14+. The molecule has 4 rings (SSSR count). The highest BCUT2D eigenvalue weighted by Crippen LogP contribution is 2.39. The Balaban J connectivity index is 1.54. The van der Waals surface area contributed by atoms with Crippen LogP contribution in [0.1, 0.15) is 16.7 Å². The maximum Gasteiger partial charge on any atom is 0.266 e. The van der Waals surface area contributed by atoms with E-state index in [2.05, 4.69) is 0 Å². The molecule has 1 heterocycles. The molecule has 1 saturated heterocycles. The second-order valence-corrected chi connectivity index (χ2v) is 9.14. The number of carbonyl (C=O) groups is 1. The van der Waals surface area contributed by atoms with E-state index in [1.165, 1.54) is 11.8 Å². The predicted octanol–water partition coefficient (Wildman–Crippen LogP) is 6.33. The van der Waals surface area contributed by atoms with E-state index in [9.17, 15) is 4.79 Å². The molecule has 0 N–H and O–H groups in total. The summed E-state index contributed by atoms with van der Waals surface area (Å²) < 4.78 is 11.9. The molecule has 0 aliphatic carbocycles. The van der Waals surface area contributed by atoms with Crippen molar-refractivity contribution in [3.05, 3.63) is 99.4 Å². The smallest absolute Gasteiger partial charge is 0.266 e. The Hall–Kier alpha value is -2.80. The van der Waals surface area contributed by atoms with Gasteiger partial charge in [-0.25, -0.2) is 0 Å². The molecule has 4 nitrogen and oxygen atoms in total. The van der Waals surface area contributed by atoms with Crippen LogP contribution in [0.4, 0.5) is 0 Å². The fourth-order valence-electron chi connectivity index (χ4n) is 3.25. The Bertz CT molecular complexity index is 1170. The third-order valence-electron chi connectivity index (χ3n) is 4.83. The van der Waals surface area contributed by atoms with E-state index in [1.807, 2.05) is 60.7 Å². The van der Waals surface area contributed by atoms with E-state index < -0.39 is 0 Å². The molecular weight excluding hydrogens is 462 g/mol. The van der Waals surface area contributed by atoms with E-state index in [1.54, 1.807) is 30.2 Å². The van der Waals surface area contributed by atoms with E-state index in [-0.39, 0.29) is 5.91 Å². The summed E-state index contributed by atoms with van der Waals surface area (Å²) >= 11 is 13.2. The molecule has 1 fully saturated rings. The van der Waals surface area contributed by atoms with Gasteiger partial charge in [-0.05, 0) is 34.9 Å². The fourth-order valence-corrected chi connectivity index (χ4v) is 4.78. The minimum absolute atomic E-state index is 0.122. The minimum Gasteiger partial charge on any atom is -0.493 e. The molecule has 3 aromatic rings. The average molecular weight is 482 g/mol. The summed E-state index contributed by atoms with van der Waals surface area (Å²) in [5.41, 5.74) is 2.78. The highest BCUT2D eigenvalue weighted by molar-refractivity contribution is 8.26. The first-order chi connectivity index (χ1) is 15.5. The Morgan fingerprint density at radius 1 is 1.03 bits per heavy atom. The van der Waals surface area contributed by atoms with Gasteiger partial charge < -0.3 is 9.47 Å². The molecule has 0 radical (unpaired) electrons. The van der Waals surface area contributed by atoms with Gasteiger partial charge in [0.05, 0.1) is 23.6 Å². The first-order valence-electron chi connectivity index (χ1n) is 9.88. The van der Waals surface area contributed by atoms with Crippen LogP contribution in [-0.2, 0) is 17.9 Å². The summed E-state index contributed by atoms with van der Waals surface area (Å²) in [4.78, 5) is 15.1. The van der Waals surface area contributed by atoms with Gasteiger partial charge in [0.25, 0.3) is 5.91 Å². The van der Waals surface area contributed by atoms with Gasteiger partial charge in [0.1, 0.15) is 10.9 Å². The zero-order valence-corrected chi connectivity index (χ0v) is 19.7. The monoisotopic (exact) mass is 481 g/mol. The van der Waals surface area contributed by atoms with Crippen LogP contribution in [0, 0.1) is 0 Å². The Kier molecular flexibility index (Phi) is 7.15. The number of benzene rings is 3. The first kappa shape index (κ1) is 22.4. The van der Waals surface area contributed by atoms with Crippen molar-refractivity contribution in [1.29, 1.82) is 0 Å². The van der Waals surface area contributed by atoms with E-state index in [0.29, 0.717) is 38.9 Å². The minimum atomic E-state index is -0.122. The summed E-state index contributed by atoms with van der Waals surface area (Å²) in [5.74, 6) is 0.842. The SMILES string of the molecule is COc1cc(/C=C2/SC(=S)N(Cc3ccccc3)C2=O)cc(Cl)c1OCc1ccccc1. The number of ether oxygens (including phenoxy) is 2. The molecule has 0 saturated carbocycles. The van der Waals surface area contributed by atoms with Crippen molar-refractivity contribution in [2.75, 3.05) is 7.11 Å². The number of halogens is 1. The molecule has 3 aromatic carbocycles. The van der Waals surface area contributed by atoms with Crippen molar-refractivity contribution < 1.29 is 14.3 Å². The normalized spacial score (nSPS) is 14.8. The van der Waals surface area contributed by atoms with Crippen molar-refractivity contribution in [1.82, 2.24) is 4.90 Å². The molecule has 1 aliphatic rings. The lowest BCUT2D eigenvalue weighted by molar-refractivity contribution is -0.122. The number of hydrogen-bond acceptors (Lipinski definition) is 5. The van der Waals surface area contributed by atoms with Crippen LogP contribution in [0.2, 0.25) is 5.02 Å². The number of methoxy groups -OCH3 is 1. The molecule has 0 bridgehead atoms. The second kappa shape index (κ2) is 10.2. The molecule has 162 valence electrons. The van der Waals surface area contributed by atoms with Crippen LogP contribution in [0.15, 0.2) is 77.7 Å². The lowest BCUT2D eigenvalue weighted by Gasteiger charge is -2.14. The van der Waals surface area contributed by atoms with Crippen molar-refractivity contribution >= 4 is 51.9 Å². The molecule has 0 atom stereocenters. The fraction of sp³-hybridized carbons (Fsp3) is 0.120. The maximum atomic E-state index is 13.0. The van der Waals surface area contributed by atoms with Crippen LogP contribution < -0.4 is 9.47 Å². The van der Waals surface area contributed by atoms with Gasteiger partial charge in [-0.2, -0.15) is 0 Å². The Morgan fingerprint density at radius 3 is 2.34 bits per heavy atom. The topological polar surface area (TPSA) is 38.8 Å². The maximum absolute atomic E-state index is 13.0. The van der Waals surface area contributed by atoms with Gasteiger partial charge in [-0.15, -0.1) is 0 Å². The number of nitrogens with zero attached hydrogens (tertiary/aromatic N) is 1. The van der Waals surface area contributed by atoms with Gasteiger partial charge in [-0.3, -0.25) is 9.69 Å². The molecule has 0 unspecified atom stereocenters. The number of thioether (sulfide) groups is 1. The van der Waals surface area contributed by atoms with Crippen molar-refractivity contribution in [3.63, 3.8) is 0 Å². The number of rotatable bonds is 7.